The summed E-state index contributed by atoms with van der Waals surface area (Å²) >= 11 is 0. The van der Waals surface area contributed by atoms with Crippen LogP contribution in [-0.2, 0) is 6.61 Å². The quantitative estimate of drug-likeness (QED) is 0.783. The molecular formula is C14H14F4N4O2. The number of halogens is 4. The zero-order chi connectivity index (χ0) is 17.7. The number of alkyl halides is 3. The van der Waals surface area contributed by atoms with Crippen LogP contribution in [0.5, 0.6) is 11.6 Å². The first-order valence-electron chi connectivity index (χ1n) is 6.68. The number of ether oxygens (including phenoxy) is 2. The van der Waals surface area contributed by atoms with Gasteiger partial charge in [-0.2, -0.15) is 13.2 Å². The van der Waals surface area contributed by atoms with Gasteiger partial charge in [-0.25, -0.2) is 9.37 Å². The summed E-state index contributed by atoms with van der Waals surface area (Å²) in [5.41, 5.74) is 6.64. The Morgan fingerprint density at radius 2 is 1.92 bits per heavy atom. The van der Waals surface area contributed by atoms with Crippen molar-refractivity contribution in [3.05, 3.63) is 36.0 Å². The fraction of sp³-hybridized carbons (Fsp3) is 0.286. The zero-order valence-electron chi connectivity index (χ0n) is 12.5. The van der Waals surface area contributed by atoms with E-state index in [-0.39, 0.29) is 23.9 Å². The van der Waals surface area contributed by atoms with Crippen LogP contribution in [-0.4, -0.2) is 29.8 Å². The number of nitrogen functional groups attached to an aromatic ring is 1. The summed E-state index contributed by atoms with van der Waals surface area (Å²) in [4.78, 5) is 7.62. The first-order chi connectivity index (χ1) is 11.3. The molecule has 24 heavy (non-hydrogen) atoms. The number of rotatable bonds is 6. The zero-order valence-corrected chi connectivity index (χ0v) is 12.5. The minimum Gasteiger partial charge on any atom is -0.482 e. The predicted molar refractivity (Wildman–Crippen MR) is 78.3 cm³/mol. The van der Waals surface area contributed by atoms with E-state index < -0.39 is 18.6 Å². The molecule has 0 unspecified atom stereocenters. The van der Waals surface area contributed by atoms with Crippen molar-refractivity contribution in [2.45, 2.75) is 12.8 Å². The van der Waals surface area contributed by atoms with Crippen LogP contribution in [0.25, 0.3) is 0 Å². The van der Waals surface area contributed by atoms with Crippen LogP contribution in [0.15, 0.2) is 24.5 Å². The van der Waals surface area contributed by atoms with Gasteiger partial charge in [0.2, 0.25) is 5.88 Å². The SMILES string of the molecule is CNc1cc(OCc2ncc(F)cc2OCC(F)(F)F)ncc1N. The minimum atomic E-state index is -4.55. The van der Waals surface area contributed by atoms with Gasteiger partial charge in [0.15, 0.2) is 6.61 Å². The third kappa shape index (κ3) is 4.86. The Morgan fingerprint density at radius 3 is 2.58 bits per heavy atom. The van der Waals surface area contributed by atoms with Crippen LogP contribution < -0.4 is 20.5 Å². The van der Waals surface area contributed by atoms with E-state index in [0.717, 1.165) is 12.3 Å². The molecule has 10 heteroatoms. The summed E-state index contributed by atoms with van der Waals surface area (Å²) in [6, 6.07) is 2.32. The van der Waals surface area contributed by atoms with Gasteiger partial charge in [0.25, 0.3) is 0 Å². The molecule has 0 aromatic carbocycles. The van der Waals surface area contributed by atoms with Gasteiger partial charge in [0.05, 0.1) is 23.8 Å². The molecule has 0 saturated heterocycles. The smallest absolute Gasteiger partial charge is 0.422 e. The van der Waals surface area contributed by atoms with E-state index in [4.69, 9.17) is 10.5 Å². The van der Waals surface area contributed by atoms with Crippen LogP contribution in [0.4, 0.5) is 28.9 Å². The molecule has 0 aliphatic heterocycles. The predicted octanol–water partition coefficient (Wildman–Crippen LogP) is 2.76. The summed E-state index contributed by atoms with van der Waals surface area (Å²) in [6.45, 7) is -1.82. The number of nitrogens with one attached hydrogen (secondary N) is 1. The molecule has 130 valence electrons. The number of hydrogen-bond donors (Lipinski definition) is 2. The molecule has 0 atom stereocenters. The number of hydrogen-bond acceptors (Lipinski definition) is 6. The summed E-state index contributed by atoms with van der Waals surface area (Å²) < 4.78 is 59.8. The minimum absolute atomic E-state index is 0.00489. The van der Waals surface area contributed by atoms with Crippen LogP contribution in [0.2, 0.25) is 0 Å². The van der Waals surface area contributed by atoms with E-state index in [2.05, 4.69) is 20.0 Å². The first-order valence-corrected chi connectivity index (χ1v) is 6.68. The highest BCUT2D eigenvalue weighted by molar-refractivity contribution is 5.65. The number of pyridine rings is 2. The highest BCUT2D eigenvalue weighted by Crippen LogP contribution is 2.25. The molecule has 0 radical (unpaired) electrons. The molecule has 0 amide bonds. The maximum Gasteiger partial charge on any atom is 0.422 e. The third-order valence-electron chi connectivity index (χ3n) is 2.82. The molecule has 0 aliphatic carbocycles. The Labute approximate surface area is 134 Å². The highest BCUT2D eigenvalue weighted by Gasteiger charge is 2.29. The highest BCUT2D eigenvalue weighted by atomic mass is 19.4. The Balaban J connectivity index is 2.11. The van der Waals surface area contributed by atoms with Crippen LogP contribution >= 0.6 is 0 Å². The standard InChI is InChI=1S/C14H14F4N4O2/c1-20-10-3-13(22-5-9(10)19)23-6-11-12(2-8(15)4-21-11)24-7-14(16,17)18/h2-5H,6-7,19H2,1H3,(H,20,22). The first kappa shape index (κ1) is 17.6. The number of nitrogens with zero attached hydrogens (tertiary/aromatic N) is 2. The van der Waals surface area contributed by atoms with Crippen molar-refractivity contribution in [1.29, 1.82) is 0 Å². The Kier molecular flexibility index (Phi) is 5.27. The van der Waals surface area contributed by atoms with Crippen molar-refractivity contribution in [3.63, 3.8) is 0 Å². The van der Waals surface area contributed by atoms with Gasteiger partial charge in [-0.15, -0.1) is 0 Å². The van der Waals surface area contributed by atoms with Crippen LogP contribution in [0, 0.1) is 5.82 Å². The number of anilines is 2. The maximum atomic E-state index is 13.2. The van der Waals surface area contributed by atoms with Crippen molar-refractivity contribution in [2.24, 2.45) is 0 Å². The Hall–Kier alpha value is -2.78. The molecule has 0 fully saturated rings. The monoisotopic (exact) mass is 346 g/mol. The third-order valence-corrected chi connectivity index (χ3v) is 2.82. The summed E-state index contributed by atoms with van der Waals surface area (Å²) in [7, 11) is 1.65. The average molecular weight is 346 g/mol. The van der Waals surface area contributed by atoms with Gasteiger partial charge in [-0.05, 0) is 0 Å². The number of aromatic nitrogens is 2. The van der Waals surface area contributed by atoms with Crippen LogP contribution in [0.1, 0.15) is 5.69 Å². The van der Waals surface area contributed by atoms with Gasteiger partial charge in [0, 0.05) is 19.2 Å². The summed E-state index contributed by atoms with van der Waals surface area (Å²) in [6.07, 6.45) is -2.33. The van der Waals surface area contributed by atoms with E-state index in [9.17, 15) is 17.6 Å². The Bertz CT molecular complexity index is 710. The lowest BCUT2D eigenvalue weighted by molar-refractivity contribution is -0.153. The average Bonchev–Trinajstić information content (AvgIpc) is 2.52. The lowest BCUT2D eigenvalue weighted by Crippen LogP contribution is -2.20. The molecule has 2 aromatic heterocycles. The molecule has 3 N–H and O–H groups in total. The molecule has 2 aromatic rings. The molecule has 2 heterocycles. The van der Waals surface area contributed by atoms with Gasteiger partial charge in [-0.1, -0.05) is 0 Å². The molecule has 2 rings (SSSR count). The van der Waals surface area contributed by atoms with E-state index in [1.165, 1.54) is 12.3 Å². The van der Waals surface area contributed by atoms with E-state index in [0.29, 0.717) is 11.4 Å². The van der Waals surface area contributed by atoms with Crippen molar-refractivity contribution < 1.29 is 27.0 Å². The Morgan fingerprint density at radius 1 is 1.17 bits per heavy atom. The second-order valence-corrected chi connectivity index (χ2v) is 4.65. The summed E-state index contributed by atoms with van der Waals surface area (Å²) in [5.74, 6) is -1.00. The lowest BCUT2D eigenvalue weighted by Gasteiger charge is -2.13. The van der Waals surface area contributed by atoms with Gasteiger partial charge >= 0.3 is 6.18 Å². The van der Waals surface area contributed by atoms with Crippen molar-refractivity contribution >= 4 is 11.4 Å². The molecule has 0 spiro atoms. The largest absolute Gasteiger partial charge is 0.482 e. The van der Waals surface area contributed by atoms with Gasteiger partial charge in [0.1, 0.15) is 23.9 Å². The van der Waals surface area contributed by atoms with E-state index >= 15 is 0 Å². The number of nitrogens with two attached hydrogens (primary N) is 1. The molecule has 6 nitrogen and oxygen atoms in total. The van der Waals surface area contributed by atoms with Crippen molar-refractivity contribution in [3.8, 4) is 11.6 Å². The molecule has 0 bridgehead atoms. The van der Waals surface area contributed by atoms with Crippen LogP contribution in [0.3, 0.4) is 0 Å². The fourth-order valence-electron chi connectivity index (χ4n) is 1.73. The summed E-state index contributed by atoms with van der Waals surface area (Å²) in [5, 5.41) is 2.83. The second-order valence-electron chi connectivity index (χ2n) is 4.65. The second kappa shape index (κ2) is 7.20. The topological polar surface area (TPSA) is 82.3 Å². The van der Waals surface area contributed by atoms with E-state index in [1.54, 1.807) is 7.05 Å². The molecule has 0 saturated carbocycles. The normalized spacial score (nSPS) is 11.2. The van der Waals surface area contributed by atoms with Crippen molar-refractivity contribution in [1.82, 2.24) is 9.97 Å². The lowest BCUT2D eigenvalue weighted by atomic mass is 10.3. The van der Waals surface area contributed by atoms with E-state index in [1.807, 2.05) is 0 Å². The maximum absolute atomic E-state index is 13.2. The van der Waals surface area contributed by atoms with Gasteiger partial charge in [-0.3, -0.25) is 4.98 Å². The van der Waals surface area contributed by atoms with Crippen molar-refractivity contribution in [2.75, 3.05) is 24.7 Å². The van der Waals surface area contributed by atoms with Gasteiger partial charge < -0.3 is 20.5 Å². The fourth-order valence-corrected chi connectivity index (χ4v) is 1.73. The molecular weight excluding hydrogens is 332 g/mol. The molecule has 0 aliphatic rings.